The molecule has 1 atom stereocenters. The van der Waals surface area contributed by atoms with E-state index in [9.17, 15) is 14.7 Å². The quantitative estimate of drug-likeness (QED) is 0.525. The van der Waals surface area contributed by atoms with Gasteiger partial charge in [-0.05, 0) is 35.4 Å². The Kier molecular flexibility index (Phi) is 7.08. The van der Waals surface area contributed by atoms with E-state index in [2.05, 4.69) is 57.9 Å². The number of aromatic amines is 1. The highest BCUT2D eigenvalue weighted by molar-refractivity contribution is 5.81. The van der Waals surface area contributed by atoms with E-state index in [1.165, 1.54) is 11.9 Å². The molecule has 2 aliphatic rings. The van der Waals surface area contributed by atoms with Crippen molar-refractivity contribution in [3.8, 4) is 17.6 Å². The van der Waals surface area contributed by atoms with Gasteiger partial charge in [0.15, 0.2) is 0 Å². The number of ether oxygens (including phenoxy) is 1. The summed E-state index contributed by atoms with van der Waals surface area (Å²) in [6.07, 6.45) is 1.58. The van der Waals surface area contributed by atoms with Gasteiger partial charge in [0.2, 0.25) is 11.7 Å². The highest BCUT2D eigenvalue weighted by Gasteiger charge is 2.41. The second-order valence-electron chi connectivity index (χ2n) is 9.93. The minimum Gasteiger partial charge on any atom is -0.502 e. The van der Waals surface area contributed by atoms with E-state index in [0.717, 1.165) is 49.5 Å². The van der Waals surface area contributed by atoms with Gasteiger partial charge in [0.05, 0.1) is 26.1 Å². The maximum atomic E-state index is 12.7. The second-order valence-corrected chi connectivity index (χ2v) is 9.93. The van der Waals surface area contributed by atoms with Crippen LogP contribution in [0.25, 0.3) is 0 Å². The van der Waals surface area contributed by atoms with Gasteiger partial charge >= 0.3 is 0 Å². The Bertz CT molecular complexity index is 1380. The Morgan fingerprint density at radius 2 is 1.65 bits per heavy atom. The van der Waals surface area contributed by atoms with Crippen LogP contribution in [0.4, 0.5) is 0 Å². The molecule has 1 unspecified atom stereocenters. The van der Waals surface area contributed by atoms with Crippen LogP contribution >= 0.6 is 0 Å². The molecule has 0 saturated carbocycles. The van der Waals surface area contributed by atoms with Crippen LogP contribution in [0.5, 0.6) is 5.75 Å². The molecule has 2 saturated heterocycles. The summed E-state index contributed by atoms with van der Waals surface area (Å²) in [5.74, 6) is 5.98. The van der Waals surface area contributed by atoms with Crippen molar-refractivity contribution in [2.24, 2.45) is 0 Å². The maximum Gasteiger partial charge on any atom is 0.293 e. The Morgan fingerprint density at radius 1 is 1.00 bits per heavy atom. The zero-order valence-electron chi connectivity index (χ0n) is 20.9. The van der Waals surface area contributed by atoms with Gasteiger partial charge in [-0.3, -0.25) is 14.5 Å². The van der Waals surface area contributed by atoms with Crippen molar-refractivity contribution < 1.29 is 14.6 Å². The molecule has 37 heavy (non-hydrogen) atoms. The molecule has 190 valence electrons. The molecule has 2 aliphatic heterocycles. The number of rotatable bonds is 5. The van der Waals surface area contributed by atoms with Crippen LogP contribution in [-0.2, 0) is 28.0 Å². The molecule has 0 radical (unpaired) electrons. The summed E-state index contributed by atoms with van der Waals surface area (Å²) in [5, 5.41) is 9.97. The highest BCUT2D eigenvalue weighted by Crippen LogP contribution is 2.36. The van der Waals surface area contributed by atoms with Gasteiger partial charge in [-0.15, -0.1) is 0 Å². The molecule has 8 nitrogen and oxygen atoms in total. The van der Waals surface area contributed by atoms with Crippen LogP contribution in [0.3, 0.4) is 0 Å². The van der Waals surface area contributed by atoms with Crippen LogP contribution < -0.4 is 5.56 Å². The summed E-state index contributed by atoms with van der Waals surface area (Å²) in [4.78, 5) is 34.7. The van der Waals surface area contributed by atoms with Gasteiger partial charge in [0.1, 0.15) is 5.69 Å². The third-order valence-electron chi connectivity index (χ3n) is 7.08. The number of amides is 1. The van der Waals surface area contributed by atoms with Crippen LogP contribution in [0.2, 0.25) is 0 Å². The average molecular weight is 499 g/mol. The largest absolute Gasteiger partial charge is 0.502 e. The molecule has 2 N–H and O–H groups in total. The lowest BCUT2D eigenvalue weighted by Crippen LogP contribution is -2.35. The number of hydrogen-bond donors (Lipinski definition) is 2. The zero-order valence-corrected chi connectivity index (χ0v) is 20.9. The minimum absolute atomic E-state index is 0.0371. The van der Waals surface area contributed by atoms with E-state index in [4.69, 9.17) is 4.74 Å². The van der Waals surface area contributed by atoms with E-state index in [1.54, 1.807) is 4.90 Å². The molecular formula is C29H30N4O4. The molecule has 2 fully saturated rings. The van der Waals surface area contributed by atoms with Gasteiger partial charge in [0, 0.05) is 49.1 Å². The molecule has 8 heteroatoms. The van der Waals surface area contributed by atoms with E-state index >= 15 is 0 Å². The first-order valence-corrected chi connectivity index (χ1v) is 12.4. The Balaban J connectivity index is 1.22. The van der Waals surface area contributed by atoms with E-state index in [1.807, 2.05) is 24.3 Å². The molecule has 3 aromatic rings. The Hall–Kier alpha value is -3.93. The topological polar surface area (TPSA) is 98.8 Å². The third-order valence-corrected chi connectivity index (χ3v) is 7.08. The second kappa shape index (κ2) is 10.6. The number of morpholine rings is 1. The number of aromatic hydroxyl groups is 1. The van der Waals surface area contributed by atoms with Crippen molar-refractivity contribution in [2.75, 3.05) is 32.8 Å². The van der Waals surface area contributed by atoms with Crippen molar-refractivity contribution in [1.29, 1.82) is 0 Å². The minimum atomic E-state index is -0.611. The molecule has 2 aromatic carbocycles. The Morgan fingerprint density at radius 3 is 2.32 bits per heavy atom. The lowest BCUT2D eigenvalue weighted by molar-refractivity contribution is -0.128. The molecule has 3 heterocycles. The first kappa shape index (κ1) is 24.8. The van der Waals surface area contributed by atoms with Gasteiger partial charge in [-0.25, -0.2) is 4.98 Å². The fourth-order valence-electron chi connectivity index (χ4n) is 4.89. The number of hydrogen-bond acceptors (Lipinski definition) is 6. The van der Waals surface area contributed by atoms with Crippen molar-refractivity contribution in [2.45, 2.75) is 31.8 Å². The van der Waals surface area contributed by atoms with Crippen molar-refractivity contribution in [3.63, 3.8) is 0 Å². The van der Waals surface area contributed by atoms with E-state index in [0.29, 0.717) is 13.0 Å². The summed E-state index contributed by atoms with van der Waals surface area (Å²) < 4.78 is 5.41. The summed E-state index contributed by atoms with van der Waals surface area (Å²) in [6.45, 7) is 7.09. The SMILES string of the molecule is CC1(c2ccc(C#Cc3ccc(CN4CCOCC4)cc3)cc2)CC(=O)N(Cc2nc[nH]c(=O)c2O)C1. The molecule has 0 bridgehead atoms. The smallest absolute Gasteiger partial charge is 0.293 e. The standard InChI is InChI=1S/C29H30N4O4/c1-29(16-26(34)33(19-29)18-25-27(35)28(36)31-20-30-25)24-10-8-22(9-11-24)3-2-21-4-6-23(7-5-21)17-32-12-14-37-15-13-32/h4-11,20,35H,12-19H2,1H3,(H,30,31,36). The first-order valence-electron chi connectivity index (χ1n) is 12.4. The number of likely N-dealkylation sites (tertiary alicyclic amines) is 1. The molecule has 0 spiro atoms. The van der Waals surface area contributed by atoms with Gasteiger partial charge < -0.3 is 19.7 Å². The molecule has 1 aromatic heterocycles. The maximum absolute atomic E-state index is 12.7. The zero-order chi connectivity index (χ0) is 25.8. The number of aromatic nitrogens is 2. The number of carbonyl (C=O) groups excluding carboxylic acids is 1. The van der Waals surface area contributed by atoms with Crippen LogP contribution in [0, 0.1) is 11.8 Å². The summed E-state index contributed by atoms with van der Waals surface area (Å²) in [5.41, 5.74) is 3.40. The van der Waals surface area contributed by atoms with Crippen LogP contribution in [-0.4, -0.2) is 63.6 Å². The van der Waals surface area contributed by atoms with Crippen LogP contribution in [0.1, 0.15) is 41.3 Å². The Labute approximate surface area is 215 Å². The van der Waals surface area contributed by atoms with Crippen molar-refractivity contribution >= 4 is 5.91 Å². The normalized spacial score (nSPS) is 20.0. The van der Waals surface area contributed by atoms with Gasteiger partial charge in [-0.1, -0.05) is 43.0 Å². The predicted octanol–water partition coefficient (Wildman–Crippen LogP) is 2.40. The number of carbonyl (C=O) groups is 1. The van der Waals surface area contributed by atoms with E-state index in [-0.39, 0.29) is 23.6 Å². The number of H-pyrrole nitrogens is 1. The van der Waals surface area contributed by atoms with Crippen molar-refractivity contribution in [1.82, 2.24) is 19.8 Å². The summed E-state index contributed by atoms with van der Waals surface area (Å²) >= 11 is 0. The first-order chi connectivity index (χ1) is 17.9. The number of benzene rings is 2. The molecule has 0 aliphatic carbocycles. The monoisotopic (exact) mass is 498 g/mol. The molecular weight excluding hydrogens is 468 g/mol. The van der Waals surface area contributed by atoms with Crippen LogP contribution in [0.15, 0.2) is 59.7 Å². The fraction of sp³-hybridized carbons (Fsp3) is 0.345. The average Bonchev–Trinajstić information content (AvgIpc) is 3.21. The summed E-state index contributed by atoms with van der Waals surface area (Å²) in [7, 11) is 0. The highest BCUT2D eigenvalue weighted by atomic mass is 16.5. The number of nitrogens with zero attached hydrogens (tertiary/aromatic N) is 3. The fourth-order valence-corrected chi connectivity index (χ4v) is 4.89. The third kappa shape index (κ3) is 5.74. The molecule has 5 rings (SSSR count). The lowest BCUT2D eigenvalue weighted by atomic mass is 9.81. The van der Waals surface area contributed by atoms with Gasteiger partial charge in [-0.2, -0.15) is 0 Å². The lowest BCUT2D eigenvalue weighted by Gasteiger charge is -2.26. The number of nitrogens with one attached hydrogen (secondary N) is 1. The van der Waals surface area contributed by atoms with Gasteiger partial charge in [0.25, 0.3) is 5.56 Å². The summed E-state index contributed by atoms with van der Waals surface area (Å²) in [6, 6.07) is 16.4. The molecule has 1 amide bonds. The van der Waals surface area contributed by atoms with Crippen molar-refractivity contribution in [3.05, 3.63) is 93.2 Å². The van der Waals surface area contributed by atoms with E-state index < -0.39 is 11.3 Å². The predicted molar refractivity (Wildman–Crippen MR) is 139 cm³/mol.